The zero-order valence-electron chi connectivity index (χ0n) is 16.9. The van der Waals surface area contributed by atoms with E-state index in [9.17, 15) is 13.2 Å². The predicted octanol–water partition coefficient (Wildman–Crippen LogP) is 3.72. The second-order valence-corrected chi connectivity index (χ2v) is 8.94. The highest BCUT2D eigenvalue weighted by atomic mass is 32.2. The first kappa shape index (κ1) is 22.0. The van der Waals surface area contributed by atoms with Gasteiger partial charge in [-0.1, -0.05) is 62.4 Å². The highest BCUT2D eigenvalue weighted by molar-refractivity contribution is 7.92. The van der Waals surface area contributed by atoms with Crippen LogP contribution in [0.2, 0.25) is 0 Å². The SMILES string of the molecule is CCc1ccccc1N(CCCC(=O)NC[C@@H](C)c1ccccc1)S(C)(=O)=O. The van der Waals surface area contributed by atoms with Gasteiger partial charge in [-0.2, -0.15) is 0 Å². The van der Waals surface area contributed by atoms with E-state index in [2.05, 4.69) is 12.2 Å². The molecule has 0 aliphatic rings. The average molecular weight is 403 g/mol. The monoisotopic (exact) mass is 402 g/mol. The smallest absolute Gasteiger partial charge is 0.232 e. The van der Waals surface area contributed by atoms with Gasteiger partial charge in [-0.15, -0.1) is 0 Å². The van der Waals surface area contributed by atoms with Crippen molar-refractivity contribution >= 4 is 21.6 Å². The Kier molecular flexibility index (Phi) is 8.05. The molecule has 0 heterocycles. The van der Waals surface area contributed by atoms with Crippen molar-refractivity contribution in [3.63, 3.8) is 0 Å². The van der Waals surface area contributed by atoms with Crippen molar-refractivity contribution in [1.82, 2.24) is 5.32 Å². The molecular formula is C22H30N2O3S. The van der Waals surface area contributed by atoms with Gasteiger partial charge in [-0.25, -0.2) is 8.42 Å². The quantitative estimate of drug-likeness (QED) is 0.659. The number of nitrogens with one attached hydrogen (secondary N) is 1. The summed E-state index contributed by atoms with van der Waals surface area (Å²) < 4.78 is 26.0. The van der Waals surface area contributed by atoms with Gasteiger partial charge in [0.2, 0.25) is 15.9 Å². The highest BCUT2D eigenvalue weighted by Gasteiger charge is 2.19. The maximum absolute atomic E-state index is 12.3. The zero-order chi connectivity index (χ0) is 20.6. The number of anilines is 1. The van der Waals surface area contributed by atoms with Crippen LogP contribution in [0.4, 0.5) is 5.69 Å². The number of hydrogen-bond donors (Lipinski definition) is 1. The normalized spacial score (nSPS) is 12.4. The van der Waals surface area contributed by atoms with E-state index in [0.717, 1.165) is 12.0 Å². The largest absolute Gasteiger partial charge is 0.356 e. The molecule has 2 rings (SSSR count). The Labute approximate surface area is 168 Å². The molecule has 2 aromatic carbocycles. The Morgan fingerprint density at radius 3 is 2.36 bits per heavy atom. The van der Waals surface area contributed by atoms with Crippen molar-refractivity contribution in [3.05, 3.63) is 65.7 Å². The van der Waals surface area contributed by atoms with Crippen molar-refractivity contribution in [1.29, 1.82) is 0 Å². The van der Waals surface area contributed by atoms with Gasteiger partial charge in [-0.05, 0) is 36.0 Å². The molecule has 0 spiro atoms. The molecule has 6 heteroatoms. The highest BCUT2D eigenvalue weighted by Crippen LogP contribution is 2.24. The molecule has 0 saturated carbocycles. The number of sulfonamides is 1. The number of hydrogen-bond acceptors (Lipinski definition) is 3. The van der Waals surface area contributed by atoms with E-state index in [-0.39, 0.29) is 18.4 Å². The molecule has 0 unspecified atom stereocenters. The molecule has 152 valence electrons. The number of carbonyl (C=O) groups is 1. The van der Waals surface area contributed by atoms with Crippen LogP contribution in [-0.4, -0.2) is 33.7 Å². The van der Waals surface area contributed by atoms with Gasteiger partial charge in [0.1, 0.15) is 0 Å². The average Bonchev–Trinajstić information content (AvgIpc) is 2.69. The second-order valence-electron chi connectivity index (χ2n) is 7.04. The van der Waals surface area contributed by atoms with E-state index in [1.165, 1.54) is 16.1 Å². The number of benzene rings is 2. The van der Waals surface area contributed by atoms with E-state index < -0.39 is 10.0 Å². The molecule has 0 radical (unpaired) electrons. The maximum atomic E-state index is 12.3. The molecule has 0 aromatic heterocycles. The second kappa shape index (κ2) is 10.3. The standard InChI is InChI=1S/C22H30N2O3S/c1-4-19-11-8-9-14-21(19)24(28(3,26)27)16-10-15-22(25)23-17-18(2)20-12-6-5-7-13-20/h5-9,11-14,18H,4,10,15-17H2,1-3H3,(H,23,25)/t18-/m1/s1. The molecule has 0 saturated heterocycles. The summed E-state index contributed by atoms with van der Waals surface area (Å²) in [5.41, 5.74) is 2.86. The summed E-state index contributed by atoms with van der Waals surface area (Å²) in [4.78, 5) is 12.2. The Balaban J connectivity index is 1.89. The van der Waals surface area contributed by atoms with Crippen molar-refractivity contribution in [2.75, 3.05) is 23.7 Å². The summed E-state index contributed by atoms with van der Waals surface area (Å²) >= 11 is 0. The number of carbonyl (C=O) groups excluding carboxylic acids is 1. The maximum Gasteiger partial charge on any atom is 0.232 e. The summed E-state index contributed by atoms with van der Waals surface area (Å²) in [6.07, 6.45) is 2.72. The molecule has 0 fully saturated rings. The van der Waals surface area contributed by atoms with Crippen LogP contribution in [0.3, 0.4) is 0 Å². The molecule has 1 amide bonds. The molecule has 1 N–H and O–H groups in total. The number of amides is 1. The third kappa shape index (κ3) is 6.37. The van der Waals surface area contributed by atoms with Gasteiger partial charge in [-0.3, -0.25) is 9.10 Å². The Morgan fingerprint density at radius 2 is 1.71 bits per heavy atom. The van der Waals surface area contributed by atoms with Crippen LogP contribution in [-0.2, 0) is 21.2 Å². The molecule has 0 aliphatic heterocycles. The lowest BCUT2D eigenvalue weighted by molar-refractivity contribution is -0.121. The minimum absolute atomic E-state index is 0.0555. The predicted molar refractivity (Wildman–Crippen MR) is 115 cm³/mol. The van der Waals surface area contributed by atoms with Crippen molar-refractivity contribution in [2.45, 2.75) is 39.0 Å². The number of aryl methyl sites for hydroxylation is 1. The summed E-state index contributed by atoms with van der Waals surface area (Å²) in [6.45, 7) is 4.93. The van der Waals surface area contributed by atoms with E-state index >= 15 is 0 Å². The number of para-hydroxylation sites is 1. The molecule has 0 bridgehead atoms. The third-order valence-electron chi connectivity index (χ3n) is 4.78. The lowest BCUT2D eigenvalue weighted by Gasteiger charge is -2.24. The van der Waals surface area contributed by atoms with Crippen LogP contribution in [0.1, 0.15) is 43.7 Å². The summed E-state index contributed by atoms with van der Waals surface area (Å²) in [5.74, 6) is 0.175. The first-order chi connectivity index (χ1) is 13.3. The van der Waals surface area contributed by atoms with Crippen LogP contribution in [0.15, 0.2) is 54.6 Å². The number of nitrogens with zero attached hydrogens (tertiary/aromatic N) is 1. The van der Waals surface area contributed by atoms with Crippen LogP contribution in [0.25, 0.3) is 0 Å². The van der Waals surface area contributed by atoms with Gasteiger partial charge < -0.3 is 5.32 Å². The van der Waals surface area contributed by atoms with Gasteiger partial charge in [0.25, 0.3) is 0 Å². The van der Waals surface area contributed by atoms with E-state index in [1.807, 2.05) is 61.5 Å². The van der Waals surface area contributed by atoms with Crippen LogP contribution >= 0.6 is 0 Å². The fraction of sp³-hybridized carbons (Fsp3) is 0.409. The van der Waals surface area contributed by atoms with Gasteiger partial charge in [0.15, 0.2) is 0 Å². The molecule has 2 aromatic rings. The first-order valence-electron chi connectivity index (χ1n) is 9.70. The lowest BCUT2D eigenvalue weighted by Crippen LogP contribution is -2.33. The van der Waals surface area contributed by atoms with Gasteiger partial charge in [0, 0.05) is 19.5 Å². The van der Waals surface area contributed by atoms with Crippen LogP contribution in [0.5, 0.6) is 0 Å². The summed E-state index contributed by atoms with van der Waals surface area (Å²) in [5, 5.41) is 2.95. The molecule has 28 heavy (non-hydrogen) atoms. The molecule has 0 aliphatic carbocycles. The van der Waals surface area contributed by atoms with Crippen LogP contribution < -0.4 is 9.62 Å². The molecule has 5 nitrogen and oxygen atoms in total. The van der Waals surface area contributed by atoms with Crippen molar-refractivity contribution in [3.8, 4) is 0 Å². The fourth-order valence-corrected chi connectivity index (χ4v) is 4.15. The van der Waals surface area contributed by atoms with Gasteiger partial charge in [0.05, 0.1) is 11.9 Å². The zero-order valence-corrected chi connectivity index (χ0v) is 17.7. The van der Waals surface area contributed by atoms with Crippen molar-refractivity contribution in [2.24, 2.45) is 0 Å². The Morgan fingerprint density at radius 1 is 1.07 bits per heavy atom. The van der Waals surface area contributed by atoms with Gasteiger partial charge >= 0.3 is 0 Å². The fourth-order valence-electron chi connectivity index (χ4n) is 3.16. The summed E-state index contributed by atoms with van der Waals surface area (Å²) in [6, 6.07) is 17.5. The van der Waals surface area contributed by atoms with Crippen molar-refractivity contribution < 1.29 is 13.2 Å². The van der Waals surface area contributed by atoms with Crippen LogP contribution in [0, 0.1) is 0 Å². The Hall–Kier alpha value is -2.34. The van der Waals surface area contributed by atoms with E-state index in [4.69, 9.17) is 0 Å². The summed E-state index contributed by atoms with van der Waals surface area (Å²) in [7, 11) is -3.41. The lowest BCUT2D eigenvalue weighted by atomic mass is 10.0. The topological polar surface area (TPSA) is 66.5 Å². The first-order valence-corrected chi connectivity index (χ1v) is 11.5. The molecule has 1 atom stereocenters. The van der Waals surface area contributed by atoms with E-state index in [1.54, 1.807) is 0 Å². The number of rotatable bonds is 10. The minimum Gasteiger partial charge on any atom is -0.356 e. The molecular weight excluding hydrogens is 372 g/mol. The Bertz CT molecular complexity index is 866. The minimum atomic E-state index is -3.41. The van der Waals surface area contributed by atoms with E-state index in [0.29, 0.717) is 25.1 Å². The third-order valence-corrected chi connectivity index (χ3v) is 5.96.